The van der Waals surface area contributed by atoms with Crippen LogP contribution in [0, 0.1) is 32.1 Å². The summed E-state index contributed by atoms with van der Waals surface area (Å²) >= 11 is 0. The highest BCUT2D eigenvalue weighted by atomic mass is 17.2. The molecule has 0 saturated carbocycles. The van der Waals surface area contributed by atoms with Crippen LogP contribution in [-0.4, -0.2) is 63.2 Å². The third-order valence-electron chi connectivity index (χ3n) is 11.7. The van der Waals surface area contributed by atoms with Crippen molar-refractivity contribution < 1.29 is 38.9 Å². The van der Waals surface area contributed by atoms with Crippen molar-refractivity contribution in [2.45, 2.75) is 129 Å². The van der Waals surface area contributed by atoms with Gasteiger partial charge in [-0.25, -0.2) is 9.78 Å². The van der Waals surface area contributed by atoms with E-state index in [-0.39, 0.29) is 23.6 Å². The molecule has 7 rings (SSSR count). The lowest BCUT2D eigenvalue weighted by Gasteiger charge is -2.41. The van der Waals surface area contributed by atoms with Crippen LogP contribution in [0.5, 0.6) is 0 Å². The molecule has 2 aromatic heterocycles. The molecule has 2 aliphatic rings. The summed E-state index contributed by atoms with van der Waals surface area (Å²) < 4.78 is 16.3. The van der Waals surface area contributed by atoms with Gasteiger partial charge in [0.05, 0.1) is 34.4 Å². The van der Waals surface area contributed by atoms with E-state index in [0.717, 1.165) is 61.0 Å². The van der Waals surface area contributed by atoms with Crippen molar-refractivity contribution in [3.05, 3.63) is 117 Å². The second-order valence-corrected chi connectivity index (χ2v) is 17.4. The van der Waals surface area contributed by atoms with Crippen molar-refractivity contribution in [2.75, 3.05) is 0 Å². The molecule has 2 fully saturated rings. The molecule has 0 amide bonds. The molecule has 0 radical (unpaired) electrons. The Balaban J connectivity index is 0.837. The predicted octanol–water partition coefficient (Wildman–Crippen LogP) is 9.28. The van der Waals surface area contributed by atoms with Crippen molar-refractivity contribution in [2.24, 2.45) is 11.8 Å². The molecule has 18 heteroatoms. The molecular formula is C44H54N8O10. The first-order chi connectivity index (χ1) is 29.6. The fraction of sp³-hybridized carbons (Fsp3) is 0.500. The Morgan fingerprint density at radius 1 is 0.597 bits per heavy atom. The number of nitro benzene ring substituents is 2. The van der Waals surface area contributed by atoms with Gasteiger partial charge in [-0.2, -0.15) is 9.78 Å². The highest BCUT2D eigenvalue weighted by Gasteiger charge is 2.42. The average molecular weight is 855 g/mol. The number of non-ortho nitro benzene ring substituents is 2. The van der Waals surface area contributed by atoms with E-state index in [4.69, 9.17) is 29.0 Å². The van der Waals surface area contributed by atoms with E-state index in [0.29, 0.717) is 36.1 Å². The van der Waals surface area contributed by atoms with Crippen molar-refractivity contribution in [1.82, 2.24) is 30.0 Å². The van der Waals surface area contributed by atoms with Crippen LogP contribution in [-0.2, 0) is 42.1 Å². The standard InChI is InChI=1S/C44H54N8O10/c1-29(7-21-39-43(3,4)61-59-41(57-39)33-13-17-35(18-14-33)51(53)54)23-25-49-27-37(45-47-49)31-9-11-32(12-10-31)38-28-50(48-46-38)26-24-30(2)8-22-40-44(5,6)62-60-42(58-40)34-15-19-36(20-16-34)52(55)56/h9-20,27-30,39-42H,7-8,21-26H2,1-6H3. The molecule has 330 valence electrons. The average Bonchev–Trinajstić information content (AvgIpc) is 3.95. The van der Waals surface area contributed by atoms with E-state index in [1.54, 1.807) is 24.3 Å². The molecule has 3 aromatic carbocycles. The lowest BCUT2D eigenvalue weighted by atomic mass is 9.92. The van der Waals surface area contributed by atoms with E-state index in [1.165, 1.54) is 24.3 Å². The van der Waals surface area contributed by atoms with Crippen molar-refractivity contribution in [3.8, 4) is 22.5 Å². The molecule has 4 heterocycles. The third-order valence-corrected chi connectivity index (χ3v) is 11.7. The molecule has 0 spiro atoms. The number of aromatic nitrogens is 6. The summed E-state index contributed by atoms with van der Waals surface area (Å²) in [7, 11) is 0. The van der Waals surface area contributed by atoms with Crippen LogP contribution >= 0.6 is 0 Å². The van der Waals surface area contributed by atoms with Crippen LogP contribution in [0.15, 0.2) is 85.2 Å². The van der Waals surface area contributed by atoms with Gasteiger partial charge >= 0.3 is 0 Å². The van der Waals surface area contributed by atoms with E-state index < -0.39 is 33.6 Å². The Morgan fingerprint density at radius 3 is 1.32 bits per heavy atom. The second kappa shape index (κ2) is 19.3. The summed E-state index contributed by atoms with van der Waals surface area (Å²) in [4.78, 5) is 43.7. The van der Waals surface area contributed by atoms with E-state index in [2.05, 4.69) is 34.5 Å². The molecule has 0 bridgehead atoms. The largest absolute Gasteiger partial charge is 0.340 e. The molecule has 18 nitrogen and oxygen atoms in total. The summed E-state index contributed by atoms with van der Waals surface area (Å²) in [5.74, 6) is 0.748. The normalized spacial score (nSPS) is 21.9. The first kappa shape index (κ1) is 44.6. The molecule has 2 saturated heterocycles. The van der Waals surface area contributed by atoms with E-state index >= 15 is 0 Å². The highest BCUT2D eigenvalue weighted by Crippen LogP contribution is 2.38. The Hall–Kier alpha value is -5.50. The molecule has 6 atom stereocenters. The van der Waals surface area contributed by atoms with Crippen LogP contribution in [0.3, 0.4) is 0 Å². The highest BCUT2D eigenvalue weighted by molar-refractivity contribution is 5.65. The maximum absolute atomic E-state index is 11.1. The molecule has 0 aliphatic carbocycles. The molecule has 0 N–H and O–H groups in total. The minimum atomic E-state index is -0.767. The summed E-state index contributed by atoms with van der Waals surface area (Å²) in [6.07, 6.45) is 7.02. The lowest BCUT2D eigenvalue weighted by Crippen LogP contribution is -2.46. The van der Waals surface area contributed by atoms with Gasteiger partial charge in [0.25, 0.3) is 11.4 Å². The quantitative estimate of drug-likeness (QED) is 0.0458. The smallest absolute Gasteiger partial charge is 0.269 e. The minimum absolute atomic E-state index is 0.00212. The Kier molecular flexibility index (Phi) is 13.8. The molecular weight excluding hydrogens is 801 g/mol. The minimum Gasteiger partial charge on any atom is -0.340 e. The Labute approximate surface area is 359 Å². The van der Waals surface area contributed by atoms with Crippen LogP contribution < -0.4 is 0 Å². The first-order valence-electron chi connectivity index (χ1n) is 21.0. The van der Waals surface area contributed by atoms with Crippen LogP contribution in [0.2, 0.25) is 0 Å². The number of nitrogens with zero attached hydrogens (tertiary/aromatic N) is 8. The fourth-order valence-corrected chi connectivity index (χ4v) is 7.48. The topological polar surface area (TPSA) is 203 Å². The van der Waals surface area contributed by atoms with Gasteiger partial charge in [0.2, 0.25) is 12.6 Å². The summed E-state index contributed by atoms with van der Waals surface area (Å²) in [6.45, 7) is 13.6. The van der Waals surface area contributed by atoms with Gasteiger partial charge in [-0.05, 0) is 102 Å². The Bertz CT molecular complexity index is 2100. The molecule has 2 aliphatic heterocycles. The van der Waals surface area contributed by atoms with Gasteiger partial charge in [0, 0.05) is 59.6 Å². The number of nitro groups is 2. The number of benzene rings is 3. The van der Waals surface area contributed by atoms with Crippen molar-refractivity contribution in [1.29, 1.82) is 0 Å². The van der Waals surface area contributed by atoms with Crippen molar-refractivity contribution >= 4 is 11.4 Å². The molecule has 6 unspecified atom stereocenters. The van der Waals surface area contributed by atoms with E-state index in [1.807, 2.05) is 73.7 Å². The summed E-state index contributed by atoms with van der Waals surface area (Å²) in [5, 5.41) is 39.7. The Morgan fingerprint density at radius 2 is 0.968 bits per heavy atom. The third kappa shape index (κ3) is 11.1. The number of hydrogen-bond acceptors (Lipinski definition) is 14. The number of aryl methyl sites for hydroxylation is 2. The fourth-order valence-electron chi connectivity index (χ4n) is 7.48. The molecule has 62 heavy (non-hydrogen) atoms. The zero-order chi connectivity index (χ0) is 44.0. The number of rotatable bonds is 18. The zero-order valence-corrected chi connectivity index (χ0v) is 35.9. The van der Waals surface area contributed by atoms with Crippen LogP contribution in [0.1, 0.15) is 104 Å². The summed E-state index contributed by atoms with van der Waals surface area (Å²) in [6, 6.07) is 20.3. The van der Waals surface area contributed by atoms with Crippen LogP contribution in [0.25, 0.3) is 22.5 Å². The van der Waals surface area contributed by atoms with E-state index in [9.17, 15) is 20.2 Å². The SMILES string of the molecule is CC(CCC1OC(c2ccc([N+](=O)[O-])cc2)OOC1(C)C)CCn1cc(-c2ccc(-c3cn(CCC(C)CCC4OC(c5ccc([N+](=O)[O-])cc5)OOC4(C)C)nn3)cc2)nn1. The van der Waals surface area contributed by atoms with Gasteiger partial charge in [0.15, 0.2) is 0 Å². The number of hydrogen-bond donors (Lipinski definition) is 0. The maximum Gasteiger partial charge on any atom is 0.269 e. The van der Waals surface area contributed by atoms with Crippen molar-refractivity contribution in [3.63, 3.8) is 0 Å². The van der Waals surface area contributed by atoms with Crippen LogP contribution in [0.4, 0.5) is 11.4 Å². The maximum atomic E-state index is 11.1. The summed E-state index contributed by atoms with van der Waals surface area (Å²) in [5.41, 5.74) is 3.49. The molecule has 5 aromatic rings. The first-order valence-corrected chi connectivity index (χ1v) is 21.0. The predicted molar refractivity (Wildman–Crippen MR) is 224 cm³/mol. The van der Waals surface area contributed by atoms with Gasteiger partial charge < -0.3 is 9.47 Å². The zero-order valence-electron chi connectivity index (χ0n) is 35.9. The van der Waals surface area contributed by atoms with Gasteiger partial charge in [0.1, 0.15) is 22.6 Å². The van der Waals surface area contributed by atoms with Gasteiger partial charge in [-0.3, -0.25) is 29.6 Å². The number of ether oxygens (including phenoxy) is 2. The van der Waals surface area contributed by atoms with Gasteiger partial charge in [-0.15, -0.1) is 10.2 Å². The van der Waals surface area contributed by atoms with Gasteiger partial charge in [-0.1, -0.05) is 48.5 Å². The lowest BCUT2D eigenvalue weighted by molar-refractivity contribution is -0.487. The second-order valence-electron chi connectivity index (χ2n) is 17.4. The monoisotopic (exact) mass is 854 g/mol.